The first kappa shape index (κ1) is 17.5. The maximum Gasteiger partial charge on any atom is 0.257 e. The third kappa shape index (κ3) is 4.82. The zero-order valence-electron chi connectivity index (χ0n) is 12.2. The van der Waals surface area contributed by atoms with Crippen molar-refractivity contribution in [1.29, 1.82) is 0 Å². The number of nitrogens with two attached hydrogens (primary N) is 1. The van der Waals surface area contributed by atoms with E-state index in [9.17, 15) is 4.79 Å². The number of aryl methyl sites for hydroxylation is 1. The highest BCUT2D eigenvalue weighted by Crippen LogP contribution is 2.34. The van der Waals surface area contributed by atoms with Gasteiger partial charge in [-0.1, -0.05) is 53.0 Å². The van der Waals surface area contributed by atoms with E-state index in [1.54, 1.807) is 0 Å². The van der Waals surface area contributed by atoms with Gasteiger partial charge in [0.1, 0.15) is 6.61 Å². The number of thiocarbonyl (C=S) groups is 1. The number of hydrogen-bond donors (Lipinski definition) is 2. The first-order chi connectivity index (χ1) is 10.9. The molecule has 0 heterocycles. The molecular formula is C16H14Cl2N2O2S. The van der Waals surface area contributed by atoms with Crippen LogP contribution in [0.15, 0.2) is 36.4 Å². The third-order valence-corrected chi connectivity index (χ3v) is 3.63. The zero-order chi connectivity index (χ0) is 17.0. The van der Waals surface area contributed by atoms with Gasteiger partial charge in [0.25, 0.3) is 5.91 Å². The van der Waals surface area contributed by atoms with Crippen molar-refractivity contribution in [2.24, 2.45) is 5.73 Å². The first-order valence-electron chi connectivity index (χ1n) is 6.65. The number of hydrogen-bond acceptors (Lipinski definition) is 3. The van der Waals surface area contributed by atoms with Crippen molar-refractivity contribution in [3.63, 3.8) is 0 Å². The van der Waals surface area contributed by atoms with E-state index in [1.807, 2.05) is 31.2 Å². The summed E-state index contributed by atoms with van der Waals surface area (Å²) in [5.74, 6) is -0.159. The smallest absolute Gasteiger partial charge is 0.257 e. The average molecular weight is 369 g/mol. The van der Waals surface area contributed by atoms with Crippen molar-refractivity contribution in [3.8, 4) is 5.75 Å². The Morgan fingerprint density at radius 2 is 1.91 bits per heavy atom. The van der Waals surface area contributed by atoms with Gasteiger partial charge in [-0.2, -0.15) is 0 Å². The summed E-state index contributed by atoms with van der Waals surface area (Å²) in [6.45, 7) is 2.32. The van der Waals surface area contributed by atoms with Crippen LogP contribution in [0.2, 0.25) is 10.0 Å². The molecule has 4 nitrogen and oxygen atoms in total. The van der Waals surface area contributed by atoms with Crippen molar-refractivity contribution in [2.75, 3.05) is 0 Å². The Hall–Kier alpha value is -1.82. The van der Waals surface area contributed by atoms with Crippen LogP contribution in [0, 0.1) is 6.92 Å². The van der Waals surface area contributed by atoms with Gasteiger partial charge in [0.2, 0.25) is 0 Å². The topological polar surface area (TPSA) is 64.3 Å². The predicted octanol–water partition coefficient (Wildman–Crippen LogP) is 3.85. The van der Waals surface area contributed by atoms with E-state index in [1.165, 1.54) is 12.1 Å². The Labute approximate surface area is 149 Å². The molecule has 0 saturated carbocycles. The summed E-state index contributed by atoms with van der Waals surface area (Å²) < 4.78 is 5.68. The van der Waals surface area contributed by atoms with E-state index < -0.39 is 5.91 Å². The number of carbonyl (C=O) groups is 1. The highest BCUT2D eigenvalue weighted by atomic mass is 35.5. The molecule has 0 atom stereocenters. The highest BCUT2D eigenvalue weighted by molar-refractivity contribution is 7.80. The molecule has 3 N–H and O–H groups in total. The normalized spacial score (nSPS) is 10.2. The van der Waals surface area contributed by atoms with Gasteiger partial charge in [-0.15, -0.1) is 0 Å². The third-order valence-electron chi connectivity index (χ3n) is 2.96. The van der Waals surface area contributed by atoms with E-state index in [0.717, 1.165) is 11.1 Å². The lowest BCUT2D eigenvalue weighted by atomic mass is 10.1. The van der Waals surface area contributed by atoms with Gasteiger partial charge in [0.05, 0.1) is 10.0 Å². The van der Waals surface area contributed by atoms with E-state index >= 15 is 0 Å². The molecule has 0 aliphatic carbocycles. The number of amides is 1. The van der Waals surface area contributed by atoms with Crippen molar-refractivity contribution >= 4 is 46.4 Å². The average Bonchev–Trinajstić information content (AvgIpc) is 2.45. The van der Waals surface area contributed by atoms with Crippen molar-refractivity contribution < 1.29 is 9.53 Å². The lowest BCUT2D eigenvalue weighted by Crippen LogP contribution is -2.34. The van der Waals surface area contributed by atoms with E-state index in [2.05, 4.69) is 17.5 Å². The number of carbonyl (C=O) groups excluding carboxylic acids is 1. The van der Waals surface area contributed by atoms with E-state index in [4.69, 9.17) is 33.7 Å². The van der Waals surface area contributed by atoms with Crippen molar-refractivity contribution in [2.45, 2.75) is 13.5 Å². The fraction of sp³-hybridized carbons (Fsp3) is 0.125. The minimum Gasteiger partial charge on any atom is -0.486 e. The van der Waals surface area contributed by atoms with Crippen molar-refractivity contribution in [3.05, 3.63) is 63.1 Å². The Balaban J connectivity index is 2.17. The van der Waals surface area contributed by atoms with Gasteiger partial charge in [-0.25, -0.2) is 0 Å². The maximum atomic E-state index is 11.9. The largest absolute Gasteiger partial charge is 0.486 e. The van der Waals surface area contributed by atoms with Crippen LogP contribution >= 0.6 is 35.4 Å². The second-order valence-corrected chi connectivity index (χ2v) is 6.12. The van der Waals surface area contributed by atoms with Crippen LogP contribution in [-0.4, -0.2) is 11.0 Å². The molecule has 0 aromatic heterocycles. The van der Waals surface area contributed by atoms with Gasteiger partial charge in [-0.3, -0.25) is 10.1 Å². The summed E-state index contributed by atoms with van der Waals surface area (Å²) in [6.07, 6.45) is 0. The molecule has 2 rings (SSSR count). The molecule has 1 amide bonds. The monoisotopic (exact) mass is 368 g/mol. The first-order valence-corrected chi connectivity index (χ1v) is 7.81. The van der Waals surface area contributed by atoms with Crippen molar-refractivity contribution in [1.82, 2.24) is 5.32 Å². The molecule has 0 saturated heterocycles. The Morgan fingerprint density at radius 3 is 2.48 bits per heavy atom. The molecule has 2 aromatic rings. The summed E-state index contributed by atoms with van der Waals surface area (Å²) in [7, 11) is 0. The summed E-state index contributed by atoms with van der Waals surface area (Å²) in [6, 6.07) is 10.8. The fourth-order valence-electron chi connectivity index (χ4n) is 1.97. The number of halogens is 2. The molecule has 0 unspecified atom stereocenters. The second kappa shape index (κ2) is 7.64. The number of benzene rings is 2. The Morgan fingerprint density at radius 1 is 1.26 bits per heavy atom. The van der Waals surface area contributed by atoms with Crippen LogP contribution in [0.4, 0.5) is 0 Å². The maximum absolute atomic E-state index is 11.9. The molecule has 0 bridgehead atoms. The zero-order valence-corrected chi connectivity index (χ0v) is 14.6. The van der Waals surface area contributed by atoms with Crippen LogP contribution in [0.5, 0.6) is 5.75 Å². The van der Waals surface area contributed by atoms with Crippen LogP contribution in [0.1, 0.15) is 21.5 Å². The van der Waals surface area contributed by atoms with Crippen LogP contribution in [-0.2, 0) is 6.61 Å². The summed E-state index contributed by atoms with van der Waals surface area (Å²) in [5, 5.41) is 2.66. The molecule has 0 aliphatic rings. The minimum atomic E-state index is -0.480. The van der Waals surface area contributed by atoms with Gasteiger partial charge in [-0.05, 0) is 36.8 Å². The molecular weight excluding hydrogens is 355 g/mol. The van der Waals surface area contributed by atoms with Gasteiger partial charge >= 0.3 is 0 Å². The Bertz CT molecular complexity index is 742. The molecule has 0 spiro atoms. The summed E-state index contributed by atoms with van der Waals surface area (Å²) >= 11 is 16.9. The second-order valence-electron chi connectivity index (χ2n) is 4.87. The van der Waals surface area contributed by atoms with Crippen LogP contribution in [0.3, 0.4) is 0 Å². The lowest BCUT2D eigenvalue weighted by Gasteiger charge is -2.12. The lowest BCUT2D eigenvalue weighted by molar-refractivity contribution is 0.0977. The van der Waals surface area contributed by atoms with E-state index in [-0.39, 0.29) is 20.7 Å². The molecule has 23 heavy (non-hydrogen) atoms. The number of nitrogens with one attached hydrogen (secondary N) is 1. The molecule has 0 radical (unpaired) electrons. The van der Waals surface area contributed by atoms with Gasteiger partial charge < -0.3 is 10.5 Å². The summed E-state index contributed by atoms with van der Waals surface area (Å²) in [4.78, 5) is 11.9. The van der Waals surface area contributed by atoms with Gasteiger partial charge in [0.15, 0.2) is 10.9 Å². The standard InChI is InChI=1S/C16H14Cl2N2O2S/c1-9-3-2-4-10(5-9)8-22-14-12(17)6-11(7-13(14)18)15(21)20-16(19)23/h2-7H,8H2,1H3,(H3,19,20,21,23). The highest BCUT2D eigenvalue weighted by Gasteiger charge is 2.14. The predicted molar refractivity (Wildman–Crippen MR) is 96.2 cm³/mol. The minimum absolute atomic E-state index is 0.123. The molecule has 7 heteroatoms. The van der Waals surface area contributed by atoms with E-state index in [0.29, 0.717) is 12.4 Å². The summed E-state index contributed by atoms with van der Waals surface area (Å²) in [5.41, 5.74) is 7.64. The van der Waals surface area contributed by atoms with Crippen LogP contribution < -0.4 is 15.8 Å². The molecule has 2 aromatic carbocycles. The van der Waals surface area contributed by atoms with Gasteiger partial charge in [0, 0.05) is 5.56 Å². The number of rotatable bonds is 4. The Kier molecular flexibility index (Phi) is 5.82. The molecule has 120 valence electrons. The molecule has 0 aliphatic heterocycles. The van der Waals surface area contributed by atoms with Crippen LogP contribution in [0.25, 0.3) is 0 Å². The molecule has 0 fully saturated rings. The number of ether oxygens (including phenoxy) is 1. The fourth-order valence-corrected chi connectivity index (χ4v) is 2.66. The quantitative estimate of drug-likeness (QED) is 0.804. The SMILES string of the molecule is Cc1cccc(COc2c(Cl)cc(C(=O)NC(N)=S)cc2Cl)c1.